The van der Waals surface area contributed by atoms with Crippen molar-refractivity contribution in [3.63, 3.8) is 0 Å². The van der Waals surface area contributed by atoms with Crippen molar-refractivity contribution in [3.05, 3.63) is 35.3 Å². The third-order valence-electron chi connectivity index (χ3n) is 5.50. The number of aryl methyl sites for hydroxylation is 1. The van der Waals surface area contributed by atoms with Gasteiger partial charge in [-0.15, -0.1) is 11.3 Å². The van der Waals surface area contributed by atoms with E-state index < -0.39 is 0 Å². The fourth-order valence-corrected chi connectivity index (χ4v) is 5.57. The molecule has 0 bridgehead atoms. The molecule has 5 rings (SSSR count). The van der Waals surface area contributed by atoms with E-state index in [0.717, 1.165) is 57.0 Å². The van der Waals surface area contributed by atoms with Crippen molar-refractivity contribution in [1.29, 1.82) is 0 Å². The summed E-state index contributed by atoms with van der Waals surface area (Å²) >= 11 is 5.96. The van der Waals surface area contributed by atoms with Gasteiger partial charge in [0.15, 0.2) is 11.6 Å². The molecule has 156 valence electrons. The maximum Gasteiger partial charge on any atom is 0.152 e. The van der Waals surface area contributed by atoms with E-state index in [-0.39, 0.29) is 13.2 Å². The maximum absolute atomic E-state index is 9.53. The molecule has 0 atom stereocenters. The molecule has 1 aliphatic carbocycles. The van der Waals surface area contributed by atoms with Crippen LogP contribution in [0.1, 0.15) is 23.4 Å². The Morgan fingerprint density at radius 2 is 1.90 bits per heavy atom. The highest BCUT2D eigenvalue weighted by Crippen LogP contribution is 2.44. The van der Waals surface area contributed by atoms with Gasteiger partial charge in [0.2, 0.25) is 0 Å². The summed E-state index contributed by atoms with van der Waals surface area (Å²) in [7, 11) is 0. The summed E-state index contributed by atoms with van der Waals surface area (Å²) in [6, 6.07) is 3.84. The van der Waals surface area contributed by atoms with Crippen LogP contribution in [0.25, 0.3) is 31.9 Å². The molecule has 4 aromatic heterocycles. The van der Waals surface area contributed by atoms with Gasteiger partial charge < -0.3 is 19.5 Å². The minimum atomic E-state index is -0.0249. The zero-order valence-electron chi connectivity index (χ0n) is 16.3. The number of pyridine rings is 1. The molecular formula is C21H22N4O3S2. The van der Waals surface area contributed by atoms with E-state index in [1.165, 1.54) is 11.1 Å². The summed E-state index contributed by atoms with van der Waals surface area (Å²) < 4.78 is 6.60. The van der Waals surface area contributed by atoms with E-state index in [2.05, 4.69) is 12.6 Å². The molecule has 7 nitrogen and oxygen atoms in total. The number of aliphatic hydroxyl groups excluding tert-OH is 2. The maximum atomic E-state index is 9.53. The summed E-state index contributed by atoms with van der Waals surface area (Å²) in [5.41, 5.74) is 4.34. The smallest absolute Gasteiger partial charge is 0.152 e. The number of thiol groups is 1. The molecule has 9 heteroatoms. The van der Waals surface area contributed by atoms with E-state index in [9.17, 15) is 10.2 Å². The third kappa shape index (κ3) is 3.17. The molecular weight excluding hydrogens is 420 g/mol. The van der Waals surface area contributed by atoms with Crippen molar-refractivity contribution in [2.75, 3.05) is 31.2 Å². The highest BCUT2D eigenvalue weighted by Gasteiger charge is 2.27. The monoisotopic (exact) mass is 442 g/mol. The molecule has 0 saturated carbocycles. The van der Waals surface area contributed by atoms with Gasteiger partial charge in [-0.2, -0.15) is 12.6 Å². The van der Waals surface area contributed by atoms with E-state index in [0.29, 0.717) is 24.7 Å². The number of nitrogens with zero attached hydrogens (tertiary/aromatic N) is 4. The Hall–Kier alpha value is -2.20. The largest absolute Gasteiger partial charge is 0.463 e. The Balaban J connectivity index is 1.82. The van der Waals surface area contributed by atoms with Gasteiger partial charge in [0, 0.05) is 18.5 Å². The van der Waals surface area contributed by atoms with Gasteiger partial charge in [0.1, 0.15) is 16.3 Å². The van der Waals surface area contributed by atoms with Crippen LogP contribution in [0.15, 0.2) is 22.8 Å². The summed E-state index contributed by atoms with van der Waals surface area (Å²) in [5.74, 6) is 2.55. The minimum absolute atomic E-state index is 0.0249. The second-order valence-corrected chi connectivity index (χ2v) is 8.58. The van der Waals surface area contributed by atoms with E-state index in [1.54, 1.807) is 17.6 Å². The minimum Gasteiger partial charge on any atom is -0.463 e. The van der Waals surface area contributed by atoms with Crippen molar-refractivity contribution in [3.8, 4) is 11.5 Å². The Bertz CT molecular complexity index is 1200. The van der Waals surface area contributed by atoms with Gasteiger partial charge >= 0.3 is 0 Å². The summed E-state index contributed by atoms with van der Waals surface area (Å²) in [4.78, 5) is 17.3. The van der Waals surface area contributed by atoms with Crippen LogP contribution >= 0.6 is 24.0 Å². The summed E-state index contributed by atoms with van der Waals surface area (Å²) in [5, 5.41) is 20.2. The summed E-state index contributed by atoms with van der Waals surface area (Å²) in [6.07, 6.45) is 4.72. The van der Waals surface area contributed by atoms with E-state index in [4.69, 9.17) is 19.4 Å². The van der Waals surface area contributed by atoms with Gasteiger partial charge in [-0.3, -0.25) is 0 Å². The second-order valence-electron chi connectivity index (χ2n) is 7.26. The Kier molecular flexibility index (Phi) is 5.36. The quantitative estimate of drug-likeness (QED) is 0.378. The molecule has 0 aromatic carbocycles. The first kappa shape index (κ1) is 19.7. The zero-order valence-corrected chi connectivity index (χ0v) is 18.0. The predicted molar refractivity (Wildman–Crippen MR) is 122 cm³/mol. The zero-order chi connectivity index (χ0) is 20.7. The van der Waals surface area contributed by atoms with Crippen molar-refractivity contribution in [2.24, 2.45) is 0 Å². The lowest BCUT2D eigenvalue weighted by Gasteiger charge is -2.22. The number of anilines is 1. The predicted octanol–water partition coefficient (Wildman–Crippen LogP) is 3.21. The topological polar surface area (TPSA) is 95.5 Å². The number of aliphatic hydroxyl groups is 2. The molecule has 4 heterocycles. The first-order chi connectivity index (χ1) is 14.7. The lowest BCUT2D eigenvalue weighted by atomic mass is 10.0. The van der Waals surface area contributed by atoms with Gasteiger partial charge in [-0.05, 0) is 42.5 Å². The molecule has 1 aliphatic rings. The fraction of sp³-hybridized carbons (Fsp3) is 0.381. The molecule has 30 heavy (non-hydrogen) atoms. The molecule has 0 unspecified atom stereocenters. The van der Waals surface area contributed by atoms with Crippen LogP contribution in [0.2, 0.25) is 0 Å². The van der Waals surface area contributed by atoms with Gasteiger partial charge in [0.25, 0.3) is 0 Å². The second kappa shape index (κ2) is 8.14. The molecule has 0 amide bonds. The van der Waals surface area contributed by atoms with Crippen LogP contribution in [-0.4, -0.2) is 51.5 Å². The number of hydrogen-bond acceptors (Lipinski definition) is 9. The normalized spacial score (nSPS) is 13.4. The van der Waals surface area contributed by atoms with E-state index >= 15 is 0 Å². The molecule has 0 radical (unpaired) electrons. The average molecular weight is 443 g/mol. The van der Waals surface area contributed by atoms with Gasteiger partial charge in [-0.1, -0.05) is 0 Å². The highest BCUT2D eigenvalue weighted by molar-refractivity contribution is 7.79. The number of thiophene rings is 1. The third-order valence-corrected chi connectivity index (χ3v) is 6.85. The standard InChI is InChI=1S/C21H22N4O3S2/c26-8-6-25(7-9-27)20-19-18(22-15(11-29)23-20)16-12-3-1-4-13(12)17(24-21(16)30-19)14-5-2-10-28-14/h2,5,10,26-27,29H,1,3-4,6-9,11H2. The van der Waals surface area contributed by atoms with Crippen molar-refractivity contribution >= 4 is 50.2 Å². The van der Waals surface area contributed by atoms with Crippen LogP contribution in [0.4, 0.5) is 5.82 Å². The van der Waals surface area contributed by atoms with Crippen molar-refractivity contribution in [1.82, 2.24) is 15.0 Å². The number of fused-ring (bicyclic) bond motifs is 5. The lowest BCUT2D eigenvalue weighted by molar-refractivity contribution is 0.281. The van der Waals surface area contributed by atoms with Gasteiger partial charge in [-0.25, -0.2) is 15.0 Å². The Morgan fingerprint density at radius 3 is 2.60 bits per heavy atom. The van der Waals surface area contributed by atoms with Gasteiger partial charge in [0.05, 0.1) is 35.4 Å². The van der Waals surface area contributed by atoms with Crippen LogP contribution in [0.3, 0.4) is 0 Å². The van der Waals surface area contributed by atoms with Crippen molar-refractivity contribution in [2.45, 2.75) is 25.0 Å². The molecule has 4 aromatic rings. The number of furan rings is 1. The van der Waals surface area contributed by atoms with Crippen LogP contribution in [0.5, 0.6) is 0 Å². The average Bonchev–Trinajstić information content (AvgIpc) is 3.50. The fourth-order valence-electron chi connectivity index (χ4n) is 4.26. The SMILES string of the molecule is OCCN(CCO)c1nc(CS)nc2c1sc1nc(-c3ccco3)c3c(c12)CCC3. The number of hydrogen-bond donors (Lipinski definition) is 3. The van der Waals surface area contributed by atoms with Crippen molar-refractivity contribution < 1.29 is 14.6 Å². The molecule has 0 aliphatic heterocycles. The number of rotatable bonds is 7. The highest BCUT2D eigenvalue weighted by atomic mass is 32.1. The van der Waals surface area contributed by atoms with Crippen LogP contribution in [-0.2, 0) is 18.6 Å². The van der Waals surface area contributed by atoms with Crippen LogP contribution in [0, 0.1) is 0 Å². The Morgan fingerprint density at radius 1 is 1.10 bits per heavy atom. The number of aromatic nitrogens is 3. The molecule has 0 spiro atoms. The van der Waals surface area contributed by atoms with Crippen LogP contribution < -0.4 is 4.90 Å². The first-order valence-corrected chi connectivity index (χ1v) is 11.5. The first-order valence-electron chi connectivity index (χ1n) is 10.0. The molecule has 2 N–H and O–H groups in total. The van der Waals surface area contributed by atoms with E-state index in [1.807, 2.05) is 17.0 Å². The Labute approximate surface area is 182 Å². The molecule has 0 fully saturated rings. The molecule has 0 saturated heterocycles. The lowest BCUT2D eigenvalue weighted by Crippen LogP contribution is -2.30. The summed E-state index contributed by atoms with van der Waals surface area (Å²) in [6.45, 7) is 0.720.